The molecule has 4 nitrogen and oxygen atoms in total. The molecule has 0 aliphatic rings. The van der Waals surface area contributed by atoms with E-state index in [1.54, 1.807) is 19.4 Å². The van der Waals surface area contributed by atoms with Crippen molar-refractivity contribution in [1.82, 2.24) is 4.98 Å². The molecule has 0 aliphatic heterocycles. The van der Waals surface area contributed by atoms with E-state index in [4.69, 9.17) is 4.74 Å². The van der Waals surface area contributed by atoms with E-state index in [0.717, 1.165) is 10.9 Å². The molecule has 1 unspecified atom stereocenters. The molecule has 19 heavy (non-hydrogen) atoms. The molecule has 0 fully saturated rings. The lowest BCUT2D eigenvalue weighted by molar-refractivity contribution is -0.119. The Bertz CT molecular complexity index is 590. The van der Waals surface area contributed by atoms with Gasteiger partial charge in [0.15, 0.2) is 0 Å². The van der Waals surface area contributed by atoms with Crippen molar-refractivity contribution in [2.75, 3.05) is 19.0 Å². The zero-order valence-electron chi connectivity index (χ0n) is 10.8. The van der Waals surface area contributed by atoms with Gasteiger partial charge in [0.05, 0.1) is 23.7 Å². The van der Waals surface area contributed by atoms with E-state index in [2.05, 4.69) is 16.9 Å². The molecule has 1 N–H and O–H groups in total. The molecular formula is C15H16N2O2. The third-order valence-corrected chi connectivity index (χ3v) is 2.86. The molecule has 2 aromatic rings. The zero-order valence-corrected chi connectivity index (χ0v) is 10.8. The van der Waals surface area contributed by atoms with Gasteiger partial charge in [-0.1, -0.05) is 24.3 Å². The van der Waals surface area contributed by atoms with Gasteiger partial charge in [0.1, 0.15) is 0 Å². The summed E-state index contributed by atoms with van der Waals surface area (Å²) < 4.78 is 4.99. The first kappa shape index (κ1) is 13.2. The van der Waals surface area contributed by atoms with Crippen molar-refractivity contribution in [2.45, 2.75) is 0 Å². The van der Waals surface area contributed by atoms with Gasteiger partial charge < -0.3 is 10.1 Å². The molecule has 4 heteroatoms. The number of hydrogen-bond donors (Lipinski definition) is 1. The quantitative estimate of drug-likeness (QED) is 0.837. The lowest BCUT2D eigenvalue weighted by Gasteiger charge is -2.13. The first-order valence-electron chi connectivity index (χ1n) is 6.02. The van der Waals surface area contributed by atoms with Gasteiger partial charge in [-0.15, -0.1) is 6.58 Å². The molecule has 1 aromatic carbocycles. The summed E-state index contributed by atoms with van der Waals surface area (Å²) in [6.45, 7) is 3.96. The monoisotopic (exact) mass is 256 g/mol. The van der Waals surface area contributed by atoms with Gasteiger partial charge in [0, 0.05) is 18.7 Å². The van der Waals surface area contributed by atoms with E-state index in [0.29, 0.717) is 12.3 Å². The van der Waals surface area contributed by atoms with Gasteiger partial charge in [-0.2, -0.15) is 0 Å². The van der Waals surface area contributed by atoms with Crippen LogP contribution in [0.1, 0.15) is 0 Å². The highest BCUT2D eigenvalue weighted by atomic mass is 16.5. The van der Waals surface area contributed by atoms with Gasteiger partial charge in [0.25, 0.3) is 0 Å². The topological polar surface area (TPSA) is 51.2 Å². The van der Waals surface area contributed by atoms with Gasteiger partial charge in [-0.05, 0) is 12.1 Å². The lowest BCUT2D eigenvalue weighted by atomic mass is 10.1. The summed E-state index contributed by atoms with van der Waals surface area (Å²) >= 11 is 0. The minimum absolute atomic E-state index is 0.144. The van der Waals surface area contributed by atoms with Crippen LogP contribution in [0.3, 0.4) is 0 Å². The summed E-state index contributed by atoms with van der Waals surface area (Å²) in [6, 6.07) is 9.50. The van der Waals surface area contributed by atoms with E-state index in [-0.39, 0.29) is 11.8 Å². The van der Waals surface area contributed by atoms with Gasteiger partial charge in [0.2, 0.25) is 5.91 Å². The number of methoxy groups -OCH3 is 1. The molecule has 0 saturated heterocycles. The number of amides is 1. The predicted molar refractivity (Wildman–Crippen MR) is 75.9 cm³/mol. The van der Waals surface area contributed by atoms with Crippen molar-refractivity contribution < 1.29 is 9.53 Å². The van der Waals surface area contributed by atoms with Crippen molar-refractivity contribution in [3.8, 4) is 0 Å². The molecule has 1 heterocycles. The fourth-order valence-corrected chi connectivity index (χ4v) is 1.86. The predicted octanol–water partition coefficient (Wildman–Crippen LogP) is 2.62. The van der Waals surface area contributed by atoms with Crippen LogP contribution in [-0.4, -0.2) is 24.6 Å². The van der Waals surface area contributed by atoms with E-state index < -0.39 is 0 Å². The minimum atomic E-state index is -0.371. The van der Waals surface area contributed by atoms with Crippen LogP contribution in [0, 0.1) is 5.92 Å². The second-order valence-corrected chi connectivity index (χ2v) is 4.17. The Morgan fingerprint density at radius 3 is 3.00 bits per heavy atom. The summed E-state index contributed by atoms with van der Waals surface area (Å²) in [7, 11) is 1.56. The van der Waals surface area contributed by atoms with Crippen LogP contribution in [0.2, 0.25) is 0 Å². The number of ether oxygens (including phenoxy) is 1. The van der Waals surface area contributed by atoms with E-state index in [1.165, 1.54) is 0 Å². The summed E-state index contributed by atoms with van der Waals surface area (Å²) in [6.07, 6.45) is 3.29. The number of carbonyl (C=O) groups is 1. The van der Waals surface area contributed by atoms with Crippen LogP contribution in [0.15, 0.2) is 49.2 Å². The molecule has 1 amide bonds. The largest absolute Gasteiger partial charge is 0.384 e. The van der Waals surface area contributed by atoms with Crippen LogP contribution < -0.4 is 5.32 Å². The lowest BCUT2D eigenvalue weighted by Crippen LogP contribution is -2.24. The number of benzene rings is 1. The fraction of sp³-hybridized carbons (Fsp3) is 0.200. The van der Waals surface area contributed by atoms with E-state index in [9.17, 15) is 4.79 Å². The second kappa shape index (κ2) is 6.11. The standard InChI is InChI=1S/C15H16N2O2/c1-3-11(10-19-2)15(18)17-13-8-4-6-12-7-5-9-16-14(12)13/h3-9,11H,1,10H2,2H3,(H,17,18). The molecular weight excluding hydrogens is 240 g/mol. The summed E-state index contributed by atoms with van der Waals surface area (Å²) in [5, 5.41) is 3.86. The molecule has 0 bridgehead atoms. The zero-order chi connectivity index (χ0) is 13.7. The Kier molecular flexibility index (Phi) is 4.26. The molecule has 2 rings (SSSR count). The van der Waals surface area contributed by atoms with Gasteiger partial charge in [-0.3, -0.25) is 9.78 Å². The maximum atomic E-state index is 12.1. The van der Waals surface area contributed by atoms with Crippen LogP contribution in [-0.2, 0) is 9.53 Å². The first-order chi connectivity index (χ1) is 9.26. The van der Waals surface area contributed by atoms with Crippen molar-refractivity contribution in [3.63, 3.8) is 0 Å². The second-order valence-electron chi connectivity index (χ2n) is 4.17. The number of fused-ring (bicyclic) bond motifs is 1. The van der Waals surface area contributed by atoms with Crippen molar-refractivity contribution in [1.29, 1.82) is 0 Å². The Hall–Kier alpha value is -2.20. The van der Waals surface area contributed by atoms with Gasteiger partial charge in [-0.25, -0.2) is 0 Å². The van der Waals surface area contributed by atoms with Gasteiger partial charge >= 0.3 is 0 Å². The smallest absolute Gasteiger partial charge is 0.233 e. The number of aromatic nitrogens is 1. The number of pyridine rings is 1. The maximum Gasteiger partial charge on any atom is 0.233 e. The number of para-hydroxylation sites is 1. The summed E-state index contributed by atoms with van der Waals surface area (Å²) in [5.74, 6) is -0.515. The van der Waals surface area contributed by atoms with E-state index in [1.807, 2.05) is 30.3 Å². The molecule has 0 aliphatic carbocycles. The highest BCUT2D eigenvalue weighted by Crippen LogP contribution is 2.21. The SMILES string of the molecule is C=CC(COC)C(=O)Nc1cccc2cccnc12. The summed E-state index contributed by atoms with van der Waals surface area (Å²) in [5.41, 5.74) is 1.48. The first-order valence-corrected chi connectivity index (χ1v) is 6.02. The van der Waals surface area contributed by atoms with Crippen molar-refractivity contribution in [3.05, 3.63) is 49.2 Å². The number of nitrogens with one attached hydrogen (secondary N) is 1. The molecule has 1 atom stereocenters. The number of hydrogen-bond acceptors (Lipinski definition) is 3. The highest BCUT2D eigenvalue weighted by Gasteiger charge is 2.15. The van der Waals surface area contributed by atoms with Crippen LogP contribution in [0.4, 0.5) is 5.69 Å². The highest BCUT2D eigenvalue weighted by molar-refractivity contribution is 6.01. The van der Waals surface area contributed by atoms with Crippen LogP contribution >= 0.6 is 0 Å². The molecule has 98 valence electrons. The molecule has 1 aromatic heterocycles. The van der Waals surface area contributed by atoms with Crippen LogP contribution in [0.5, 0.6) is 0 Å². The number of nitrogens with zero attached hydrogens (tertiary/aromatic N) is 1. The minimum Gasteiger partial charge on any atom is -0.384 e. The average molecular weight is 256 g/mol. The molecule has 0 saturated carbocycles. The normalized spacial score (nSPS) is 12.1. The third kappa shape index (κ3) is 2.98. The number of rotatable bonds is 5. The fourth-order valence-electron chi connectivity index (χ4n) is 1.86. The van der Waals surface area contributed by atoms with Crippen molar-refractivity contribution in [2.24, 2.45) is 5.92 Å². The number of anilines is 1. The molecule has 0 radical (unpaired) electrons. The third-order valence-electron chi connectivity index (χ3n) is 2.86. The number of carbonyl (C=O) groups excluding carboxylic acids is 1. The van der Waals surface area contributed by atoms with Crippen molar-refractivity contribution >= 4 is 22.5 Å². The van der Waals surface area contributed by atoms with E-state index >= 15 is 0 Å². The Labute approximate surface area is 112 Å². The Morgan fingerprint density at radius 1 is 1.47 bits per heavy atom. The summed E-state index contributed by atoms with van der Waals surface area (Å²) in [4.78, 5) is 16.4. The maximum absolute atomic E-state index is 12.1. The Balaban J connectivity index is 2.26. The average Bonchev–Trinajstić information content (AvgIpc) is 2.45. The Morgan fingerprint density at radius 2 is 2.26 bits per heavy atom. The molecule has 0 spiro atoms. The van der Waals surface area contributed by atoms with Crippen LogP contribution in [0.25, 0.3) is 10.9 Å².